The fourth-order valence-electron chi connectivity index (χ4n) is 4.48. The van der Waals surface area contributed by atoms with Gasteiger partial charge in [-0.2, -0.15) is 4.31 Å². The van der Waals surface area contributed by atoms with E-state index in [1.54, 1.807) is 18.2 Å². The number of ether oxygens (including phenoxy) is 1. The summed E-state index contributed by atoms with van der Waals surface area (Å²) in [7, 11) is -3.59. The maximum Gasteiger partial charge on any atom is 0.243 e. The van der Waals surface area contributed by atoms with Crippen molar-refractivity contribution in [3.8, 4) is 17.0 Å². The van der Waals surface area contributed by atoms with Gasteiger partial charge in [-0.05, 0) is 50.2 Å². The summed E-state index contributed by atoms with van der Waals surface area (Å²) in [4.78, 5) is 10.5. The van der Waals surface area contributed by atoms with E-state index in [9.17, 15) is 17.2 Å². The van der Waals surface area contributed by atoms with E-state index in [-0.39, 0.29) is 33.9 Å². The van der Waals surface area contributed by atoms with Crippen molar-refractivity contribution in [3.05, 3.63) is 54.2 Å². The molecule has 0 spiro atoms. The number of benzene rings is 2. The van der Waals surface area contributed by atoms with Crippen molar-refractivity contribution in [3.63, 3.8) is 0 Å². The second-order valence-electron chi connectivity index (χ2n) is 9.14. The smallest absolute Gasteiger partial charge is 0.243 e. The van der Waals surface area contributed by atoms with Gasteiger partial charge in [0, 0.05) is 43.5 Å². The van der Waals surface area contributed by atoms with Crippen LogP contribution in [0.5, 0.6) is 5.75 Å². The summed E-state index contributed by atoms with van der Waals surface area (Å²) in [5.74, 6) is -1.06. The average Bonchev–Trinajstić information content (AvgIpc) is 2.90. The van der Waals surface area contributed by atoms with Crippen LogP contribution in [0, 0.1) is 11.6 Å². The van der Waals surface area contributed by atoms with Crippen LogP contribution in [0.1, 0.15) is 13.8 Å². The zero-order valence-corrected chi connectivity index (χ0v) is 21.4. The van der Waals surface area contributed by atoms with E-state index in [2.05, 4.69) is 20.6 Å². The van der Waals surface area contributed by atoms with Crippen molar-refractivity contribution < 1.29 is 21.9 Å². The van der Waals surface area contributed by atoms with Crippen molar-refractivity contribution >= 4 is 27.3 Å². The zero-order valence-electron chi connectivity index (χ0n) is 20.5. The second-order valence-corrected chi connectivity index (χ2v) is 11.1. The largest absolute Gasteiger partial charge is 0.486 e. The molecule has 2 aliphatic rings. The number of hydrogen-bond acceptors (Lipinski definition) is 8. The molecule has 0 radical (unpaired) electrons. The van der Waals surface area contributed by atoms with Crippen molar-refractivity contribution in [1.29, 1.82) is 0 Å². The van der Waals surface area contributed by atoms with Crippen LogP contribution in [0.4, 0.5) is 26.1 Å². The van der Waals surface area contributed by atoms with Gasteiger partial charge in [0.15, 0.2) is 17.4 Å². The van der Waals surface area contributed by atoms with Crippen molar-refractivity contribution in [2.24, 2.45) is 0 Å². The van der Waals surface area contributed by atoms with Crippen LogP contribution in [0.25, 0.3) is 11.3 Å². The highest BCUT2D eigenvalue weighted by atomic mass is 32.2. The standard InChI is InChI=1S/C25H28F2N6O3S/c1-16(2)33-11-12-36-24-20(26)13-17(14-22(24)33)23-21(27)15-29-25(31-23)30-18-3-5-19(6-4-18)37(34,35)32-9-7-28-8-10-32/h3-6,13-16,28H,7-12H2,1-2H3,(H,29,30,31). The molecule has 0 bridgehead atoms. The van der Waals surface area contributed by atoms with Gasteiger partial charge >= 0.3 is 0 Å². The second kappa shape index (κ2) is 10.2. The van der Waals surface area contributed by atoms with E-state index in [1.165, 1.54) is 22.5 Å². The Morgan fingerprint density at radius 2 is 1.78 bits per heavy atom. The van der Waals surface area contributed by atoms with Crippen molar-refractivity contribution in [2.45, 2.75) is 24.8 Å². The minimum absolute atomic E-state index is 0.0635. The molecule has 2 aliphatic heterocycles. The average molecular weight is 531 g/mol. The molecule has 1 aromatic heterocycles. The number of rotatable bonds is 6. The Morgan fingerprint density at radius 3 is 2.49 bits per heavy atom. The molecule has 2 aromatic carbocycles. The SMILES string of the molecule is CC(C)N1CCOc2c(F)cc(-c3nc(Nc4ccc(S(=O)(=O)N5CCNCC5)cc4)ncc3F)cc21. The van der Waals surface area contributed by atoms with Crippen LogP contribution in [-0.4, -0.2) is 68.1 Å². The number of piperazine rings is 1. The third-order valence-corrected chi connectivity index (χ3v) is 8.29. The van der Waals surface area contributed by atoms with Gasteiger partial charge in [0.1, 0.15) is 12.3 Å². The van der Waals surface area contributed by atoms with Gasteiger partial charge < -0.3 is 20.3 Å². The number of aromatic nitrogens is 2. The molecule has 1 fully saturated rings. The first-order chi connectivity index (χ1) is 17.7. The summed E-state index contributed by atoms with van der Waals surface area (Å²) in [5.41, 5.74) is 1.26. The molecule has 0 saturated carbocycles. The lowest BCUT2D eigenvalue weighted by molar-refractivity contribution is 0.287. The van der Waals surface area contributed by atoms with E-state index in [1.807, 2.05) is 18.7 Å². The fourth-order valence-corrected chi connectivity index (χ4v) is 5.92. The lowest BCUT2D eigenvalue weighted by Crippen LogP contribution is -2.46. The predicted molar refractivity (Wildman–Crippen MR) is 137 cm³/mol. The molecule has 0 aliphatic carbocycles. The summed E-state index contributed by atoms with van der Waals surface area (Å²) >= 11 is 0. The first kappa shape index (κ1) is 25.3. The highest BCUT2D eigenvalue weighted by molar-refractivity contribution is 7.89. The lowest BCUT2D eigenvalue weighted by Gasteiger charge is -2.34. The maximum absolute atomic E-state index is 14.9. The first-order valence-electron chi connectivity index (χ1n) is 12.1. The first-order valence-corrected chi connectivity index (χ1v) is 13.5. The molecule has 3 aromatic rings. The van der Waals surface area contributed by atoms with Crippen molar-refractivity contribution in [2.75, 3.05) is 49.5 Å². The van der Waals surface area contributed by atoms with Gasteiger partial charge in [-0.25, -0.2) is 27.2 Å². The monoisotopic (exact) mass is 530 g/mol. The van der Waals surface area contributed by atoms with Gasteiger partial charge in [0.2, 0.25) is 16.0 Å². The minimum atomic E-state index is -3.59. The summed E-state index contributed by atoms with van der Waals surface area (Å²) in [6, 6.07) is 9.17. The van der Waals surface area contributed by atoms with Crippen LogP contribution < -0.4 is 20.3 Å². The van der Waals surface area contributed by atoms with Gasteiger partial charge in [0.25, 0.3) is 0 Å². The normalized spacial score (nSPS) is 16.4. The molecule has 0 atom stereocenters. The van der Waals surface area contributed by atoms with Crippen LogP contribution in [0.2, 0.25) is 0 Å². The molecule has 3 heterocycles. The Bertz CT molecular complexity index is 1400. The summed E-state index contributed by atoms with van der Waals surface area (Å²) in [6.45, 7) is 7.00. The molecule has 0 unspecified atom stereocenters. The lowest BCUT2D eigenvalue weighted by atomic mass is 10.1. The molecular formula is C25H28F2N6O3S. The van der Waals surface area contributed by atoms with Crippen LogP contribution >= 0.6 is 0 Å². The van der Waals surface area contributed by atoms with E-state index in [4.69, 9.17) is 4.74 Å². The number of anilines is 3. The van der Waals surface area contributed by atoms with Crippen LogP contribution in [0.3, 0.4) is 0 Å². The zero-order chi connectivity index (χ0) is 26.2. The molecular weight excluding hydrogens is 502 g/mol. The fraction of sp³-hybridized carbons (Fsp3) is 0.360. The minimum Gasteiger partial charge on any atom is -0.486 e. The van der Waals surface area contributed by atoms with E-state index >= 15 is 0 Å². The molecule has 2 N–H and O–H groups in total. The summed E-state index contributed by atoms with van der Waals surface area (Å²) in [5, 5.41) is 6.10. The maximum atomic E-state index is 14.9. The molecule has 37 heavy (non-hydrogen) atoms. The van der Waals surface area contributed by atoms with E-state index < -0.39 is 21.7 Å². The highest BCUT2D eigenvalue weighted by Gasteiger charge is 2.27. The highest BCUT2D eigenvalue weighted by Crippen LogP contribution is 2.39. The van der Waals surface area contributed by atoms with E-state index in [0.29, 0.717) is 50.7 Å². The topological polar surface area (TPSA) is 99.7 Å². The Morgan fingerprint density at radius 1 is 1.05 bits per heavy atom. The van der Waals surface area contributed by atoms with Gasteiger partial charge in [-0.3, -0.25) is 0 Å². The van der Waals surface area contributed by atoms with Gasteiger partial charge in [0.05, 0.1) is 23.3 Å². The summed E-state index contributed by atoms with van der Waals surface area (Å²) < 4.78 is 62.4. The van der Waals surface area contributed by atoms with E-state index in [0.717, 1.165) is 6.20 Å². The number of nitrogens with zero attached hydrogens (tertiary/aromatic N) is 4. The molecule has 12 heteroatoms. The van der Waals surface area contributed by atoms with Crippen LogP contribution in [-0.2, 0) is 10.0 Å². The third-order valence-electron chi connectivity index (χ3n) is 6.38. The van der Waals surface area contributed by atoms with Gasteiger partial charge in [-0.1, -0.05) is 0 Å². The molecule has 5 rings (SSSR count). The molecule has 196 valence electrons. The number of nitrogens with one attached hydrogen (secondary N) is 2. The molecule has 9 nitrogen and oxygen atoms in total. The number of hydrogen-bond donors (Lipinski definition) is 2. The third kappa shape index (κ3) is 5.09. The number of sulfonamides is 1. The quantitative estimate of drug-likeness (QED) is 0.501. The predicted octanol–water partition coefficient (Wildman–Crippen LogP) is 3.37. The Labute approximate surface area is 214 Å². The Balaban J connectivity index is 1.40. The Hall–Kier alpha value is -3.35. The summed E-state index contributed by atoms with van der Waals surface area (Å²) in [6.07, 6.45) is 1.02. The van der Waals surface area contributed by atoms with Gasteiger partial charge in [-0.15, -0.1) is 0 Å². The number of halogens is 2. The van der Waals surface area contributed by atoms with Crippen LogP contribution in [0.15, 0.2) is 47.5 Å². The number of fused-ring (bicyclic) bond motifs is 1. The molecule has 0 amide bonds. The van der Waals surface area contributed by atoms with Crippen molar-refractivity contribution in [1.82, 2.24) is 19.6 Å². The molecule has 1 saturated heterocycles. The Kier molecular flexibility index (Phi) is 6.97.